The van der Waals surface area contributed by atoms with Gasteiger partial charge in [-0.15, -0.1) is 11.3 Å². The average molecular weight is 377 g/mol. The number of rotatable bonds is 4. The minimum atomic E-state index is -0.298. The van der Waals surface area contributed by atoms with E-state index >= 15 is 0 Å². The van der Waals surface area contributed by atoms with Crippen LogP contribution >= 0.6 is 11.3 Å². The second-order valence-corrected chi connectivity index (χ2v) is 6.45. The van der Waals surface area contributed by atoms with Gasteiger partial charge in [0.15, 0.2) is 11.5 Å². The number of hydrogen-bond donors (Lipinski definition) is 0. The Kier molecular flexibility index (Phi) is 4.40. The molecule has 0 aliphatic heterocycles. The zero-order chi connectivity index (χ0) is 18.8. The van der Waals surface area contributed by atoms with E-state index in [0.717, 1.165) is 21.3 Å². The predicted octanol–water partition coefficient (Wildman–Crippen LogP) is 5.17. The predicted molar refractivity (Wildman–Crippen MR) is 101 cm³/mol. The zero-order valence-electron chi connectivity index (χ0n) is 14.1. The van der Waals surface area contributed by atoms with Gasteiger partial charge in [0.25, 0.3) is 0 Å². The molecule has 0 saturated carbocycles. The molecular formula is C20H12FN3O2S. The molecule has 2 heterocycles. The Bertz CT molecular complexity index is 1170. The van der Waals surface area contributed by atoms with E-state index < -0.39 is 0 Å². The number of hydrogen-bond acceptors (Lipinski definition) is 6. The fourth-order valence-corrected chi connectivity index (χ4v) is 3.60. The number of ether oxygens (including phenoxy) is 2. The van der Waals surface area contributed by atoms with Crippen LogP contribution in [0.3, 0.4) is 0 Å². The van der Waals surface area contributed by atoms with Crippen molar-refractivity contribution in [1.82, 2.24) is 9.97 Å². The Hall–Kier alpha value is -3.50. The first kappa shape index (κ1) is 16.9. The molecule has 27 heavy (non-hydrogen) atoms. The number of methoxy groups -OCH3 is 1. The van der Waals surface area contributed by atoms with E-state index in [9.17, 15) is 4.39 Å². The van der Waals surface area contributed by atoms with E-state index in [2.05, 4.69) is 16.0 Å². The third-order valence-electron chi connectivity index (χ3n) is 3.99. The van der Waals surface area contributed by atoms with Gasteiger partial charge >= 0.3 is 0 Å². The molecule has 0 radical (unpaired) electrons. The summed E-state index contributed by atoms with van der Waals surface area (Å²) in [5, 5.41) is 11.7. The summed E-state index contributed by atoms with van der Waals surface area (Å²) in [5.74, 6) is 0.934. The number of aromatic nitrogens is 2. The largest absolute Gasteiger partial charge is 0.493 e. The summed E-state index contributed by atoms with van der Waals surface area (Å²) in [6, 6.07) is 13.2. The maximum absolute atomic E-state index is 13.3. The highest BCUT2D eigenvalue weighted by Crippen LogP contribution is 2.40. The molecule has 2 aromatic heterocycles. The summed E-state index contributed by atoms with van der Waals surface area (Å²) in [7, 11) is 1.51. The van der Waals surface area contributed by atoms with Gasteiger partial charge in [0, 0.05) is 17.0 Å². The van der Waals surface area contributed by atoms with Crippen LogP contribution in [0.2, 0.25) is 0 Å². The SMILES string of the molecule is COc1cc(C#N)ccc1Oc1ncnc2scc(-c3ccc(F)cc3)c12. The van der Waals surface area contributed by atoms with E-state index in [0.29, 0.717) is 22.9 Å². The van der Waals surface area contributed by atoms with Gasteiger partial charge in [0.1, 0.15) is 17.0 Å². The van der Waals surface area contributed by atoms with Crippen molar-refractivity contribution in [3.05, 3.63) is 65.6 Å². The van der Waals surface area contributed by atoms with E-state index in [4.69, 9.17) is 14.7 Å². The Morgan fingerprint density at radius 3 is 2.63 bits per heavy atom. The van der Waals surface area contributed by atoms with Gasteiger partial charge in [-0.3, -0.25) is 0 Å². The monoisotopic (exact) mass is 377 g/mol. The van der Waals surface area contributed by atoms with Gasteiger partial charge in [0.05, 0.1) is 24.1 Å². The van der Waals surface area contributed by atoms with E-state index in [1.807, 2.05) is 5.38 Å². The van der Waals surface area contributed by atoms with Crippen LogP contribution in [0.4, 0.5) is 4.39 Å². The van der Waals surface area contributed by atoms with Crippen molar-refractivity contribution in [2.45, 2.75) is 0 Å². The maximum Gasteiger partial charge on any atom is 0.231 e. The Labute approximate surface area is 158 Å². The Morgan fingerprint density at radius 2 is 1.89 bits per heavy atom. The fraction of sp³-hybridized carbons (Fsp3) is 0.0500. The van der Waals surface area contributed by atoms with E-state index in [1.165, 1.54) is 36.9 Å². The van der Waals surface area contributed by atoms with Crippen LogP contribution in [-0.2, 0) is 0 Å². The maximum atomic E-state index is 13.3. The van der Waals surface area contributed by atoms with Gasteiger partial charge in [-0.25, -0.2) is 14.4 Å². The Morgan fingerprint density at radius 1 is 1.07 bits per heavy atom. The molecule has 0 aliphatic rings. The van der Waals surface area contributed by atoms with E-state index in [-0.39, 0.29) is 5.82 Å². The number of nitriles is 1. The van der Waals surface area contributed by atoms with Crippen molar-refractivity contribution >= 4 is 21.6 Å². The molecule has 0 spiro atoms. The molecule has 0 fully saturated rings. The molecular weight excluding hydrogens is 365 g/mol. The van der Waals surface area contributed by atoms with Crippen molar-refractivity contribution in [3.8, 4) is 34.6 Å². The first-order valence-electron chi connectivity index (χ1n) is 7.93. The van der Waals surface area contributed by atoms with Crippen molar-refractivity contribution in [2.75, 3.05) is 7.11 Å². The lowest BCUT2D eigenvalue weighted by Gasteiger charge is -2.11. The molecule has 0 unspecified atom stereocenters. The van der Waals surface area contributed by atoms with E-state index in [1.54, 1.807) is 30.3 Å². The molecule has 2 aromatic carbocycles. The van der Waals surface area contributed by atoms with Crippen molar-refractivity contribution < 1.29 is 13.9 Å². The van der Waals surface area contributed by atoms with Crippen LogP contribution in [0, 0.1) is 17.1 Å². The molecule has 0 aliphatic carbocycles. The summed E-state index contributed by atoms with van der Waals surface area (Å²) in [5.41, 5.74) is 2.17. The molecule has 0 saturated heterocycles. The molecule has 7 heteroatoms. The second kappa shape index (κ2) is 7.02. The number of nitrogens with zero attached hydrogens (tertiary/aromatic N) is 3. The van der Waals surface area contributed by atoms with Gasteiger partial charge in [-0.05, 0) is 29.8 Å². The summed E-state index contributed by atoms with van der Waals surface area (Å²) in [6.07, 6.45) is 1.43. The van der Waals surface area contributed by atoms with Gasteiger partial charge in [-0.2, -0.15) is 5.26 Å². The number of benzene rings is 2. The zero-order valence-corrected chi connectivity index (χ0v) is 15.0. The third-order valence-corrected chi connectivity index (χ3v) is 4.88. The highest BCUT2D eigenvalue weighted by Gasteiger charge is 2.16. The topological polar surface area (TPSA) is 68.0 Å². The van der Waals surface area contributed by atoms with Crippen LogP contribution in [-0.4, -0.2) is 17.1 Å². The normalized spacial score (nSPS) is 10.6. The second-order valence-electron chi connectivity index (χ2n) is 5.59. The lowest BCUT2D eigenvalue weighted by atomic mass is 10.1. The molecule has 0 amide bonds. The van der Waals surface area contributed by atoms with Crippen LogP contribution < -0.4 is 9.47 Å². The van der Waals surface area contributed by atoms with Crippen LogP contribution in [0.15, 0.2) is 54.2 Å². The Balaban J connectivity index is 1.82. The molecule has 0 bridgehead atoms. The van der Waals surface area contributed by atoms with Gasteiger partial charge < -0.3 is 9.47 Å². The van der Waals surface area contributed by atoms with Crippen LogP contribution in [0.25, 0.3) is 21.3 Å². The number of thiophene rings is 1. The number of fused-ring (bicyclic) bond motifs is 1. The molecule has 132 valence electrons. The first-order valence-corrected chi connectivity index (χ1v) is 8.81. The highest BCUT2D eigenvalue weighted by molar-refractivity contribution is 7.17. The fourth-order valence-electron chi connectivity index (χ4n) is 2.69. The smallest absolute Gasteiger partial charge is 0.231 e. The van der Waals surface area contributed by atoms with Crippen LogP contribution in [0.5, 0.6) is 17.4 Å². The molecule has 0 atom stereocenters. The van der Waals surface area contributed by atoms with Crippen molar-refractivity contribution in [2.24, 2.45) is 0 Å². The lowest BCUT2D eigenvalue weighted by Crippen LogP contribution is -1.94. The summed E-state index contributed by atoms with van der Waals surface area (Å²) in [4.78, 5) is 9.33. The molecule has 4 aromatic rings. The third kappa shape index (κ3) is 3.18. The van der Waals surface area contributed by atoms with Gasteiger partial charge in [-0.1, -0.05) is 12.1 Å². The van der Waals surface area contributed by atoms with Crippen molar-refractivity contribution in [3.63, 3.8) is 0 Å². The summed E-state index contributed by atoms with van der Waals surface area (Å²) >= 11 is 1.45. The standard InChI is InChI=1S/C20H12FN3O2S/c1-25-17-8-12(9-22)2-7-16(17)26-19-18-15(10-27-20(18)24-11-23-19)13-3-5-14(21)6-4-13/h2-8,10-11H,1H3. The van der Waals surface area contributed by atoms with Crippen LogP contribution in [0.1, 0.15) is 5.56 Å². The van der Waals surface area contributed by atoms with Gasteiger partial charge in [0.2, 0.25) is 5.88 Å². The quantitative estimate of drug-likeness (QED) is 0.491. The lowest BCUT2D eigenvalue weighted by molar-refractivity contribution is 0.375. The molecule has 0 N–H and O–H groups in total. The first-order chi connectivity index (χ1) is 13.2. The minimum Gasteiger partial charge on any atom is -0.493 e. The van der Waals surface area contributed by atoms with Crippen molar-refractivity contribution in [1.29, 1.82) is 5.26 Å². The summed E-state index contributed by atoms with van der Waals surface area (Å²) in [6.45, 7) is 0. The highest BCUT2D eigenvalue weighted by atomic mass is 32.1. The average Bonchev–Trinajstić information content (AvgIpc) is 3.14. The number of halogens is 1. The minimum absolute atomic E-state index is 0.298. The summed E-state index contributed by atoms with van der Waals surface area (Å²) < 4.78 is 24.6. The molecule has 5 nitrogen and oxygen atoms in total. The molecule has 4 rings (SSSR count).